The van der Waals surface area contributed by atoms with E-state index in [0.29, 0.717) is 19.3 Å². The maximum absolute atomic E-state index is 13.2. The van der Waals surface area contributed by atoms with Crippen molar-refractivity contribution in [3.8, 4) is 0 Å². The van der Waals surface area contributed by atoms with Gasteiger partial charge in [0.25, 0.3) is 0 Å². The summed E-state index contributed by atoms with van der Waals surface area (Å²) in [5, 5.41) is 6.57. The van der Waals surface area contributed by atoms with Gasteiger partial charge in [-0.2, -0.15) is 0 Å². The van der Waals surface area contributed by atoms with Crippen LogP contribution in [-0.2, 0) is 15.9 Å². The first-order chi connectivity index (χ1) is 12.8. The smallest absolute Gasteiger partial charge is 0.191 e. The summed E-state index contributed by atoms with van der Waals surface area (Å²) in [6.07, 6.45) is 5.21. The third kappa shape index (κ3) is 10.8. The maximum atomic E-state index is 13.2. The summed E-state index contributed by atoms with van der Waals surface area (Å²) >= 11 is 0. The van der Waals surface area contributed by atoms with Crippen molar-refractivity contribution in [3.05, 3.63) is 35.6 Å². The fraction of sp³-hybridized carbons (Fsp3) is 0.650. The SMILES string of the molecule is CCNC(=NCCCc1cccc(F)c1)NCCCOCC1CCCO1.I. The molecule has 154 valence electrons. The highest BCUT2D eigenvalue weighted by atomic mass is 127. The lowest BCUT2D eigenvalue weighted by Gasteiger charge is -2.12. The summed E-state index contributed by atoms with van der Waals surface area (Å²) in [4.78, 5) is 4.57. The molecule has 1 aliphatic rings. The highest BCUT2D eigenvalue weighted by molar-refractivity contribution is 14.0. The number of hydrogen-bond acceptors (Lipinski definition) is 3. The summed E-state index contributed by atoms with van der Waals surface area (Å²) < 4.78 is 24.3. The average molecular weight is 493 g/mol. The van der Waals surface area contributed by atoms with Gasteiger partial charge in [0.1, 0.15) is 5.82 Å². The zero-order valence-electron chi connectivity index (χ0n) is 16.2. The highest BCUT2D eigenvalue weighted by Crippen LogP contribution is 2.11. The lowest BCUT2D eigenvalue weighted by molar-refractivity contribution is 0.0168. The van der Waals surface area contributed by atoms with Crippen molar-refractivity contribution in [1.82, 2.24) is 10.6 Å². The number of halogens is 2. The number of rotatable bonds is 11. The summed E-state index contributed by atoms with van der Waals surface area (Å²) in [6.45, 7) is 6.71. The van der Waals surface area contributed by atoms with E-state index in [1.807, 2.05) is 6.07 Å². The number of aryl methyl sites for hydroxylation is 1. The van der Waals surface area contributed by atoms with Crippen LogP contribution in [0.1, 0.15) is 38.2 Å². The predicted octanol–water partition coefficient (Wildman–Crippen LogP) is 3.52. The normalized spacial score (nSPS) is 16.8. The van der Waals surface area contributed by atoms with Crippen molar-refractivity contribution in [2.24, 2.45) is 4.99 Å². The van der Waals surface area contributed by atoms with E-state index in [1.54, 1.807) is 12.1 Å². The molecule has 0 amide bonds. The molecule has 1 aromatic carbocycles. The summed E-state index contributed by atoms with van der Waals surface area (Å²) in [7, 11) is 0. The first-order valence-corrected chi connectivity index (χ1v) is 9.74. The van der Waals surface area contributed by atoms with Crippen LogP contribution in [0.2, 0.25) is 0 Å². The van der Waals surface area contributed by atoms with Crippen molar-refractivity contribution in [2.75, 3.05) is 39.5 Å². The second-order valence-corrected chi connectivity index (χ2v) is 6.48. The summed E-state index contributed by atoms with van der Waals surface area (Å²) in [5.41, 5.74) is 1.02. The Morgan fingerprint density at radius 3 is 2.96 bits per heavy atom. The molecule has 2 rings (SSSR count). The van der Waals surface area contributed by atoms with Crippen molar-refractivity contribution >= 4 is 29.9 Å². The van der Waals surface area contributed by atoms with Crippen LogP contribution >= 0.6 is 24.0 Å². The van der Waals surface area contributed by atoms with Gasteiger partial charge < -0.3 is 20.1 Å². The minimum Gasteiger partial charge on any atom is -0.379 e. The molecule has 27 heavy (non-hydrogen) atoms. The van der Waals surface area contributed by atoms with E-state index in [2.05, 4.69) is 22.5 Å². The Bertz CT molecular complexity index is 540. The van der Waals surface area contributed by atoms with Crippen LogP contribution in [-0.4, -0.2) is 51.5 Å². The zero-order valence-corrected chi connectivity index (χ0v) is 18.5. The Balaban J connectivity index is 0.00000364. The van der Waals surface area contributed by atoms with Gasteiger partial charge in [-0.1, -0.05) is 12.1 Å². The molecule has 1 fully saturated rings. The number of benzene rings is 1. The zero-order chi connectivity index (χ0) is 18.5. The van der Waals surface area contributed by atoms with Crippen molar-refractivity contribution in [3.63, 3.8) is 0 Å². The molecule has 1 saturated heterocycles. The molecule has 0 spiro atoms. The Hall–Kier alpha value is -0.930. The van der Waals surface area contributed by atoms with Crippen molar-refractivity contribution < 1.29 is 13.9 Å². The minimum absolute atomic E-state index is 0. The lowest BCUT2D eigenvalue weighted by atomic mass is 10.1. The third-order valence-corrected chi connectivity index (χ3v) is 4.21. The minimum atomic E-state index is -0.178. The van der Waals surface area contributed by atoms with Gasteiger partial charge in [0, 0.05) is 32.8 Å². The molecule has 0 aromatic heterocycles. The van der Waals surface area contributed by atoms with Gasteiger partial charge in [-0.15, -0.1) is 24.0 Å². The maximum Gasteiger partial charge on any atom is 0.191 e. The standard InChI is InChI=1S/C20H32FN3O2.HI/c1-2-22-20(23-11-4-8-17-7-3-9-18(21)15-17)24-12-6-13-25-16-19-10-5-14-26-19;/h3,7,9,15,19H,2,4-6,8,10-14,16H2,1H3,(H2,22,23,24);1H. The number of ether oxygens (including phenoxy) is 2. The first kappa shape index (κ1) is 24.1. The summed E-state index contributed by atoms with van der Waals surface area (Å²) in [6, 6.07) is 6.76. The molecular formula is C20H33FIN3O2. The number of aliphatic imine (C=N–C) groups is 1. The van der Waals surface area contributed by atoms with E-state index >= 15 is 0 Å². The van der Waals surface area contributed by atoms with Crippen molar-refractivity contribution in [1.29, 1.82) is 0 Å². The van der Waals surface area contributed by atoms with Gasteiger partial charge in [-0.3, -0.25) is 4.99 Å². The Labute approximate surface area is 179 Å². The molecule has 0 bridgehead atoms. The third-order valence-electron chi connectivity index (χ3n) is 4.21. The quantitative estimate of drug-likeness (QED) is 0.215. The number of guanidine groups is 1. The molecular weight excluding hydrogens is 460 g/mol. The molecule has 1 aromatic rings. The fourth-order valence-corrected chi connectivity index (χ4v) is 2.88. The van der Waals surface area contributed by atoms with E-state index in [4.69, 9.17) is 9.47 Å². The topological polar surface area (TPSA) is 54.9 Å². The van der Waals surface area contributed by atoms with Crippen LogP contribution in [0.3, 0.4) is 0 Å². The van der Waals surface area contributed by atoms with Crippen LogP contribution in [0, 0.1) is 5.82 Å². The molecule has 5 nitrogen and oxygen atoms in total. The molecule has 0 saturated carbocycles. The lowest BCUT2D eigenvalue weighted by Crippen LogP contribution is -2.38. The molecule has 1 heterocycles. The molecule has 7 heteroatoms. The molecule has 1 atom stereocenters. The monoisotopic (exact) mass is 493 g/mol. The van der Waals surface area contributed by atoms with Crippen LogP contribution < -0.4 is 10.6 Å². The molecule has 1 unspecified atom stereocenters. The second-order valence-electron chi connectivity index (χ2n) is 6.48. The van der Waals surface area contributed by atoms with Crippen LogP contribution in [0.5, 0.6) is 0 Å². The highest BCUT2D eigenvalue weighted by Gasteiger charge is 2.14. The number of nitrogens with one attached hydrogen (secondary N) is 2. The predicted molar refractivity (Wildman–Crippen MR) is 119 cm³/mol. The number of nitrogens with zero attached hydrogens (tertiary/aromatic N) is 1. The Kier molecular flexibility index (Phi) is 13.4. The van der Waals surface area contributed by atoms with Crippen LogP contribution in [0.15, 0.2) is 29.3 Å². The van der Waals surface area contributed by atoms with Gasteiger partial charge >= 0.3 is 0 Å². The number of hydrogen-bond donors (Lipinski definition) is 2. The van der Waals surface area contributed by atoms with E-state index < -0.39 is 0 Å². The largest absolute Gasteiger partial charge is 0.379 e. The van der Waals surface area contributed by atoms with E-state index in [1.165, 1.54) is 6.07 Å². The van der Waals surface area contributed by atoms with Gasteiger partial charge in [-0.05, 0) is 56.7 Å². The van der Waals surface area contributed by atoms with E-state index in [9.17, 15) is 4.39 Å². The second kappa shape index (κ2) is 15.0. The average Bonchev–Trinajstić information content (AvgIpc) is 3.15. The van der Waals surface area contributed by atoms with Gasteiger partial charge in [0.2, 0.25) is 0 Å². The van der Waals surface area contributed by atoms with Gasteiger partial charge in [0.15, 0.2) is 5.96 Å². The van der Waals surface area contributed by atoms with Crippen LogP contribution in [0.4, 0.5) is 4.39 Å². The summed E-state index contributed by atoms with van der Waals surface area (Å²) in [5.74, 6) is 0.647. The molecule has 0 aliphatic carbocycles. The van der Waals surface area contributed by atoms with E-state index in [0.717, 1.165) is 69.9 Å². The Morgan fingerprint density at radius 2 is 2.22 bits per heavy atom. The van der Waals surface area contributed by atoms with Crippen molar-refractivity contribution in [2.45, 2.75) is 45.1 Å². The fourth-order valence-electron chi connectivity index (χ4n) is 2.88. The molecule has 1 aliphatic heterocycles. The molecule has 0 radical (unpaired) electrons. The van der Waals surface area contributed by atoms with Crippen LogP contribution in [0.25, 0.3) is 0 Å². The van der Waals surface area contributed by atoms with E-state index in [-0.39, 0.29) is 29.8 Å². The van der Waals surface area contributed by atoms with Gasteiger partial charge in [-0.25, -0.2) is 4.39 Å². The molecule has 2 N–H and O–H groups in total. The van der Waals surface area contributed by atoms with Gasteiger partial charge in [0.05, 0.1) is 12.7 Å². The Morgan fingerprint density at radius 1 is 1.33 bits per heavy atom. The first-order valence-electron chi connectivity index (χ1n) is 9.74.